The lowest BCUT2D eigenvalue weighted by atomic mass is 10.1. The molecule has 8 nitrogen and oxygen atoms in total. The minimum atomic E-state index is -0.231. The summed E-state index contributed by atoms with van der Waals surface area (Å²) in [4.78, 5) is 13.0. The number of carbonyl (C=O) groups excluding carboxylic acids is 1. The summed E-state index contributed by atoms with van der Waals surface area (Å²) in [5.74, 6) is 1.07. The Balaban J connectivity index is 1.47. The minimum absolute atomic E-state index is 0.231. The van der Waals surface area contributed by atoms with Gasteiger partial charge in [0.25, 0.3) is 5.91 Å². The third kappa shape index (κ3) is 3.44. The highest BCUT2D eigenvalue weighted by molar-refractivity contribution is 6.07. The third-order valence-corrected chi connectivity index (χ3v) is 5.10. The molecule has 8 heteroatoms. The maximum Gasteiger partial charge on any atom is 0.255 e. The van der Waals surface area contributed by atoms with Crippen molar-refractivity contribution in [2.75, 3.05) is 5.32 Å². The van der Waals surface area contributed by atoms with Crippen molar-refractivity contribution < 1.29 is 9.32 Å². The molecule has 2 aromatic heterocycles. The van der Waals surface area contributed by atoms with E-state index in [1.807, 2.05) is 62.4 Å². The summed E-state index contributed by atoms with van der Waals surface area (Å²) in [6.07, 6.45) is 0. The maximum absolute atomic E-state index is 13.0. The molecule has 0 saturated carbocycles. The molecular formula is C23H18N6O2. The summed E-state index contributed by atoms with van der Waals surface area (Å²) >= 11 is 0. The lowest BCUT2D eigenvalue weighted by Crippen LogP contribution is -2.12. The van der Waals surface area contributed by atoms with Crippen LogP contribution in [0.25, 0.3) is 27.9 Å². The Morgan fingerprint density at radius 1 is 1.00 bits per heavy atom. The van der Waals surface area contributed by atoms with Gasteiger partial charge in [-0.2, -0.15) is 4.68 Å². The van der Waals surface area contributed by atoms with Crippen LogP contribution < -0.4 is 5.32 Å². The molecule has 1 amide bonds. The summed E-state index contributed by atoms with van der Waals surface area (Å²) in [5.41, 5.74) is 4.56. The van der Waals surface area contributed by atoms with Gasteiger partial charge in [0.2, 0.25) is 0 Å². The van der Waals surface area contributed by atoms with Crippen molar-refractivity contribution in [3.63, 3.8) is 0 Å². The molecule has 0 fully saturated rings. The molecule has 1 N–H and O–H groups in total. The summed E-state index contributed by atoms with van der Waals surface area (Å²) in [7, 11) is 0. The molecule has 0 spiro atoms. The number of rotatable bonds is 4. The second kappa shape index (κ2) is 7.49. The Bertz CT molecular complexity index is 1400. The standard InChI is InChI=1S/C23H18N6O2/c1-14-8-10-18(13-21(14)29-15(2)25-27-28-29)24-23(30)17-9-11-20-19(12-17)22(31-26-20)16-6-4-3-5-7-16/h3-13H,1-2H3,(H,24,30). The van der Waals surface area contributed by atoms with E-state index in [9.17, 15) is 4.79 Å². The molecule has 0 aliphatic carbocycles. The highest BCUT2D eigenvalue weighted by Gasteiger charge is 2.15. The highest BCUT2D eigenvalue weighted by atomic mass is 16.5. The van der Waals surface area contributed by atoms with Crippen molar-refractivity contribution in [1.82, 2.24) is 25.4 Å². The Hall–Kier alpha value is -4.33. The molecule has 152 valence electrons. The molecule has 0 aliphatic heterocycles. The largest absolute Gasteiger partial charge is 0.355 e. The first-order valence-electron chi connectivity index (χ1n) is 9.72. The van der Waals surface area contributed by atoms with Crippen LogP contribution in [-0.4, -0.2) is 31.3 Å². The smallest absolute Gasteiger partial charge is 0.255 e. The monoisotopic (exact) mass is 410 g/mol. The normalized spacial score (nSPS) is 11.0. The van der Waals surface area contributed by atoms with Gasteiger partial charge < -0.3 is 9.84 Å². The second-order valence-corrected chi connectivity index (χ2v) is 7.20. The van der Waals surface area contributed by atoms with E-state index in [-0.39, 0.29) is 5.91 Å². The van der Waals surface area contributed by atoms with Crippen LogP contribution in [0.15, 0.2) is 71.3 Å². The van der Waals surface area contributed by atoms with Crippen molar-refractivity contribution in [2.45, 2.75) is 13.8 Å². The van der Waals surface area contributed by atoms with Gasteiger partial charge in [0, 0.05) is 16.8 Å². The van der Waals surface area contributed by atoms with Crippen LogP contribution >= 0.6 is 0 Å². The zero-order valence-electron chi connectivity index (χ0n) is 16.9. The number of nitrogens with one attached hydrogen (secondary N) is 1. The van der Waals surface area contributed by atoms with E-state index in [2.05, 4.69) is 26.0 Å². The number of fused-ring (bicyclic) bond motifs is 1. The van der Waals surface area contributed by atoms with Gasteiger partial charge in [-0.15, -0.1) is 5.10 Å². The van der Waals surface area contributed by atoms with Gasteiger partial charge in [0.1, 0.15) is 5.52 Å². The molecule has 3 aromatic carbocycles. The highest BCUT2D eigenvalue weighted by Crippen LogP contribution is 2.29. The molecule has 0 unspecified atom stereocenters. The summed E-state index contributed by atoms with van der Waals surface area (Å²) in [5, 5.41) is 19.5. The van der Waals surface area contributed by atoms with Gasteiger partial charge in [0.15, 0.2) is 11.6 Å². The molecule has 0 aliphatic rings. The van der Waals surface area contributed by atoms with Crippen LogP contribution in [0.5, 0.6) is 0 Å². The summed E-state index contributed by atoms with van der Waals surface area (Å²) in [6, 6.07) is 20.6. The topological polar surface area (TPSA) is 98.7 Å². The van der Waals surface area contributed by atoms with Gasteiger partial charge >= 0.3 is 0 Å². The third-order valence-electron chi connectivity index (χ3n) is 5.10. The predicted octanol–water partition coefficient (Wildman–Crippen LogP) is 4.34. The number of aromatic nitrogens is 5. The fourth-order valence-corrected chi connectivity index (χ4v) is 3.45. The molecule has 5 rings (SSSR count). The zero-order chi connectivity index (χ0) is 21.4. The van der Waals surface area contributed by atoms with E-state index in [4.69, 9.17) is 4.52 Å². The van der Waals surface area contributed by atoms with E-state index in [1.54, 1.807) is 22.9 Å². The zero-order valence-corrected chi connectivity index (χ0v) is 16.9. The van der Waals surface area contributed by atoms with Crippen molar-refractivity contribution >= 4 is 22.5 Å². The first-order chi connectivity index (χ1) is 15.1. The van der Waals surface area contributed by atoms with E-state index in [1.165, 1.54) is 0 Å². The minimum Gasteiger partial charge on any atom is -0.355 e. The van der Waals surface area contributed by atoms with Crippen molar-refractivity contribution in [3.8, 4) is 17.0 Å². The first-order valence-corrected chi connectivity index (χ1v) is 9.72. The molecule has 2 heterocycles. The van der Waals surface area contributed by atoms with Crippen molar-refractivity contribution in [3.05, 3.63) is 83.7 Å². The van der Waals surface area contributed by atoms with Crippen LogP contribution in [0.2, 0.25) is 0 Å². The average molecular weight is 410 g/mol. The van der Waals surface area contributed by atoms with Gasteiger partial charge in [-0.3, -0.25) is 4.79 Å². The van der Waals surface area contributed by atoms with Gasteiger partial charge in [0.05, 0.1) is 11.1 Å². The number of benzene rings is 3. The first kappa shape index (κ1) is 18.7. The number of hydrogen-bond donors (Lipinski definition) is 1. The van der Waals surface area contributed by atoms with Gasteiger partial charge in [-0.05, 0) is 60.2 Å². The molecule has 5 aromatic rings. The lowest BCUT2D eigenvalue weighted by Gasteiger charge is -2.10. The maximum atomic E-state index is 13.0. The Kier molecular flexibility index (Phi) is 4.51. The Labute approximate surface area is 177 Å². The van der Waals surface area contributed by atoms with Crippen LogP contribution in [-0.2, 0) is 0 Å². The van der Waals surface area contributed by atoms with Crippen molar-refractivity contribution in [2.24, 2.45) is 0 Å². The summed E-state index contributed by atoms with van der Waals surface area (Å²) < 4.78 is 7.17. The van der Waals surface area contributed by atoms with E-state index >= 15 is 0 Å². The number of carbonyl (C=O) groups is 1. The molecule has 0 bridgehead atoms. The van der Waals surface area contributed by atoms with Crippen LogP contribution in [0.4, 0.5) is 5.69 Å². The number of amides is 1. The van der Waals surface area contributed by atoms with E-state index < -0.39 is 0 Å². The van der Waals surface area contributed by atoms with E-state index in [0.29, 0.717) is 28.4 Å². The molecule has 0 atom stereocenters. The second-order valence-electron chi connectivity index (χ2n) is 7.20. The predicted molar refractivity (Wildman–Crippen MR) is 116 cm³/mol. The molecule has 0 saturated heterocycles. The number of hydrogen-bond acceptors (Lipinski definition) is 6. The molecule has 31 heavy (non-hydrogen) atoms. The van der Waals surface area contributed by atoms with Crippen molar-refractivity contribution in [1.29, 1.82) is 0 Å². The van der Waals surface area contributed by atoms with Crippen LogP contribution in [0.1, 0.15) is 21.7 Å². The number of aryl methyl sites for hydroxylation is 2. The number of anilines is 1. The Morgan fingerprint density at radius 2 is 1.84 bits per heavy atom. The molecule has 0 radical (unpaired) electrons. The fourth-order valence-electron chi connectivity index (χ4n) is 3.45. The SMILES string of the molecule is Cc1ccc(NC(=O)c2ccc3noc(-c4ccccc4)c3c2)cc1-n1nnnc1C. The average Bonchev–Trinajstić information content (AvgIpc) is 3.41. The van der Waals surface area contributed by atoms with Gasteiger partial charge in [-0.1, -0.05) is 41.6 Å². The van der Waals surface area contributed by atoms with Crippen LogP contribution in [0.3, 0.4) is 0 Å². The lowest BCUT2D eigenvalue weighted by molar-refractivity contribution is 0.102. The van der Waals surface area contributed by atoms with Crippen LogP contribution in [0, 0.1) is 13.8 Å². The van der Waals surface area contributed by atoms with E-state index in [0.717, 1.165) is 22.2 Å². The number of nitrogens with zero attached hydrogens (tertiary/aromatic N) is 5. The fraction of sp³-hybridized carbons (Fsp3) is 0.0870. The van der Waals surface area contributed by atoms with Gasteiger partial charge in [-0.25, -0.2) is 0 Å². The Morgan fingerprint density at radius 3 is 2.61 bits per heavy atom. The summed E-state index contributed by atoms with van der Waals surface area (Å²) in [6.45, 7) is 3.79. The quantitative estimate of drug-likeness (QED) is 0.473. The molecular weight excluding hydrogens is 392 g/mol. The number of tetrazole rings is 1.